The molecule has 0 saturated carbocycles. The minimum Gasteiger partial charge on any atom is -0.341 e. The zero-order chi connectivity index (χ0) is 18.3. The number of hydrogen-bond acceptors (Lipinski definition) is 4. The zero-order valence-electron chi connectivity index (χ0n) is 15.5. The van der Waals surface area contributed by atoms with Gasteiger partial charge in [0.2, 0.25) is 5.91 Å². The van der Waals surface area contributed by atoms with Crippen LogP contribution in [0, 0.1) is 17.2 Å². The maximum absolute atomic E-state index is 12.9. The molecule has 1 N–H and O–H groups in total. The van der Waals surface area contributed by atoms with Crippen molar-refractivity contribution in [2.24, 2.45) is 11.8 Å². The van der Waals surface area contributed by atoms with Crippen molar-refractivity contribution in [2.45, 2.75) is 19.3 Å². The number of carbonyl (C=O) groups excluding carboxylic acids is 1. The van der Waals surface area contributed by atoms with Gasteiger partial charge in [-0.25, -0.2) is 0 Å². The van der Waals surface area contributed by atoms with Crippen LogP contribution in [0.1, 0.15) is 30.4 Å². The minimum atomic E-state index is 0.171. The number of nitrogens with one attached hydrogen (secondary N) is 1. The molecule has 0 spiro atoms. The van der Waals surface area contributed by atoms with Gasteiger partial charge in [-0.3, -0.25) is 9.78 Å². The third-order valence-corrected chi connectivity index (χ3v) is 5.81. The van der Waals surface area contributed by atoms with Gasteiger partial charge in [-0.2, -0.15) is 0 Å². The van der Waals surface area contributed by atoms with E-state index in [1.165, 1.54) is 11.8 Å². The van der Waals surface area contributed by atoms with Gasteiger partial charge >= 0.3 is 0 Å². The molecule has 5 nitrogen and oxygen atoms in total. The molecule has 0 unspecified atom stereocenters. The number of piperidine rings is 1. The first-order valence-corrected chi connectivity index (χ1v) is 9.42. The Labute approximate surface area is 154 Å². The summed E-state index contributed by atoms with van der Waals surface area (Å²) in [5, 5.41) is 8.74. The van der Waals surface area contributed by atoms with Crippen LogP contribution in [0.4, 0.5) is 0 Å². The van der Waals surface area contributed by atoms with Crippen LogP contribution < -0.4 is 0 Å². The molecule has 1 aromatic carbocycles. The Morgan fingerprint density at radius 2 is 2.04 bits per heavy atom. The van der Waals surface area contributed by atoms with Crippen LogP contribution in [0.15, 0.2) is 30.5 Å². The lowest BCUT2D eigenvalue weighted by Crippen LogP contribution is -2.55. The second-order valence-corrected chi connectivity index (χ2v) is 7.99. The van der Waals surface area contributed by atoms with Crippen LogP contribution in [0.25, 0.3) is 10.9 Å². The van der Waals surface area contributed by atoms with Gasteiger partial charge in [-0.1, -0.05) is 25.1 Å². The van der Waals surface area contributed by atoms with Crippen LogP contribution in [0.5, 0.6) is 0 Å². The van der Waals surface area contributed by atoms with Crippen molar-refractivity contribution in [1.82, 2.24) is 14.8 Å². The second kappa shape index (κ2) is 6.80. The molecule has 136 valence electrons. The summed E-state index contributed by atoms with van der Waals surface area (Å²) < 4.78 is 0. The van der Waals surface area contributed by atoms with Crippen LogP contribution in [-0.4, -0.2) is 60.1 Å². The van der Waals surface area contributed by atoms with Gasteiger partial charge in [-0.05, 0) is 31.0 Å². The number of rotatable bonds is 3. The van der Waals surface area contributed by atoms with Gasteiger partial charge in [0.25, 0.3) is 0 Å². The molecule has 0 bridgehead atoms. The molecule has 2 aliphatic rings. The molecular weight excluding hydrogens is 324 g/mol. The summed E-state index contributed by atoms with van der Waals surface area (Å²) in [5.41, 5.74) is 2.99. The lowest BCUT2D eigenvalue weighted by Gasteiger charge is -2.42. The van der Waals surface area contributed by atoms with Crippen molar-refractivity contribution >= 4 is 23.0 Å². The number of nitrogens with zero attached hydrogens (tertiary/aromatic N) is 3. The van der Waals surface area contributed by atoms with Crippen LogP contribution in [-0.2, 0) is 4.79 Å². The highest BCUT2D eigenvalue weighted by molar-refractivity contribution is 5.98. The van der Waals surface area contributed by atoms with E-state index in [-0.39, 0.29) is 5.92 Å². The maximum Gasteiger partial charge on any atom is 0.228 e. The first-order chi connectivity index (χ1) is 12.6. The van der Waals surface area contributed by atoms with Crippen LogP contribution in [0.2, 0.25) is 0 Å². The zero-order valence-corrected chi connectivity index (χ0v) is 15.5. The Hall–Kier alpha value is -2.27. The fourth-order valence-corrected chi connectivity index (χ4v) is 4.56. The third-order valence-electron chi connectivity index (χ3n) is 5.81. The summed E-state index contributed by atoms with van der Waals surface area (Å²) in [7, 11) is 2.06. The fraction of sp³-hybridized carbons (Fsp3) is 0.476. The van der Waals surface area contributed by atoms with Gasteiger partial charge in [0.1, 0.15) is 0 Å². The van der Waals surface area contributed by atoms with E-state index in [2.05, 4.69) is 40.9 Å². The Balaban J connectivity index is 1.64. The summed E-state index contributed by atoms with van der Waals surface area (Å²) in [6.07, 6.45) is 4.24. The Morgan fingerprint density at radius 3 is 2.77 bits per heavy atom. The molecule has 2 fully saturated rings. The monoisotopic (exact) mass is 350 g/mol. The number of hydrogen-bond donors (Lipinski definition) is 1. The van der Waals surface area contributed by atoms with E-state index < -0.39 is 0 Å². The molecule has 2 aromatic rings. The number of carbonyl (C=O) groups is 1. The lowest BCUT2D eigenvalue weighted by atomic mass is 9.82. The smallest absolute Gasteiger partial charge is 0.228 e. The largest absolute Gasteiger partial charge is 0.341 e. The summed E-state index contributed by atoms with van der Waals surface area (Å²) in [6.45, 7) is 5.66. The van der Waals surface area contributed by atoms with Crippen molar-refractivity contribution in [2.75, 3.05) is 33.2 Å². The minimum absolute atomic E-state index is 0.171. The fourth-order valence-electron chi connectivity index (χ4n) is 4.56. The predicted octanol–water partition coefficient (Wildman–Crippen LogP) is 2.75. The summed E-state index contributed by atoms with van der Waals surface area (Å²) in [5.74, 6) is 1.31. The number of amides is 1. The van der Waals surface area contributed by atoms with E-state index in [0.717, 1.165) is 49.1 Å². The SMILES string of the molecule is C[C@@H]1C[C@@H](c2ccc(C=N)c3ncccc23)CN(C(=O)C2CN(C)C2)C1. The van der Waals surface area contributed by atoms with E-state index in [1.54, 1.807) is 6.20 Å². The molecule has 26 heavy (non-hydrogen) atoms. The molecule has 2 saturated heterocycles. The molecule has 4 rings (SSSR count). The number of likely N-dealkylation sites (tertiary alicyclic amines) is 2. The first-order valence-electron chi connectivity index (χ1n) is 9.42. The van der Waals surface area contributed by atoms with E-state index in [4.69, 9.17) is 5.41 Å². The van der Waals surface area contributed by atoms with Crippen molar-refractivity contribution in [3.8, 4) is 0 Å². The average molecular weight is 350 g/mol. The van der Waals surface area contributed by atoms with E-state index in [9.17, 15) is 4.79 Å². The van der Waals surface area contributed by atoms with E-state index in [1.807, 2.05) is 12.1 Å². The standard InChI is InChI=1S/C21H26N4O/c1-14-8-16(13-25(10-14)21(26)17-11-24(2)12-17)18-6-5-15(9-22)20-19(18)4-3-7-23-20/h3-7,9,14,16-17,22H,8,10-13H2,1-2H3/t14-,16-/m1/s1. The van der Waals surface area contributed by atoms with Crippen molar-refractivity contribution < 1.29 is 4.79 Å². The highest BCUT2D eigenvalue weighted by Gasteiger charge is 2.37. The van der Waals surface area contributed by atoms with Crippen molar-refractivity contribution in [3.05, 3.63) is 41.6 Å². The molecular formula is C21H26N4O. The van der Waals surface area contributed by atoms with Gasteiger partial charge in [0, 0.05) is 55.5 Å². The molecule has 0 radical (unpaired) electrons. The molecule has 1 amide bonds. The molecule has 2 aliphatic heterocycles. The molecule has 2 atom stereocenters. The third kappa shape index (κ3) is 3.01. The van der Waals surface area contributed by atoms with E-state index in [0.29, 0.717) is 17.7 Å². The number of pyridine rings is 1. The van der Waals surface area contributed by atoms with Gasteiger partial charge in [0.15, 0.2) is 0 Å². The predicted molar refractivity (Wildman–Crippen MR) is 104 cm³/mol. The lowest BCUT2D eigenvalue weighted by molar-refractivity contribution is -0.142. The van der Waals surface area contributed by atoms with Crippen molar-refractivity contribution in [3.63, 3.8) is 0 Å². The highest BCUT2D eigenvalue weighted by Crippen LogP contribution is 2.35. The number of aromatic nitrogens is 1. The Morgan fingerprint density at radius 1 is 1.23 bits per heavy atom. The molecule has 3 heterocycles. The molecule has 5 heteroatoms. The van der Waals surface area contributed by atoms with Gasteiger partial charge in [0.05, 0.1) is 11.4 Å². The van der Waals surface area contributed by atoms with Crippen molar-refractivity contribution in [1.29, 1.82) is 5.41 Å². The summed E-state index contributed by atoms with van der Waals surface area (Å²) in [4.78, 5) is 21.7. The molecule has 0 aliphatic carbocycles. The number of fused-ring (bicyclic) bond motifs is 1. The Bertz CT molecular complexity index is 843. The second-order valence-electron chi connectivity index (χ2n) is 7.99. The average Bonchev–Trinajstić information content (AvgIpc) is 2.63. The number of benzene rings is 1. The highest BCUT2D eigenvalue weighted by atomic mass is 16.2. The van der Waals surface area contributed by atoms with Crippen LogP contribution in [0.3, 0.4) is 0 Å². The first kappa shape index (κ1) is 17.2. The normalized spacial score (nSPS) is 24.5. The van der Waals surface area contributed by atoms with Crippen LogP contribution >= 0.6 is 0 Å². The Kier molecular flexibility index (Phi) is 4.49. The maximum atomic E-state index is 12.9. The van der Waals surface area contributed by atoms with Gasteiger partial charge in [-0.15, -0.1) is 0 Å². The van der Waals surface area contributed by atoms with E-state index >= 15 is 0 Å². The van der Waals surface area contributed by atoms with Gasteiger partial charge < -0.3 is 15.2 Å². The molecule has 1 aromatic heterocycles. The quantitative estimate of drug-likeness (QED) is 0.866. The summed E-state index contributed by atoms with van der Waals surface area (Å²) >= 11 is 0. The summed E-state index contributed by atoms with van der Waals surface area (Å²) in [6, 6.07) is 8.17. The topological polar surface area (TPSA) is 60.3 Å².